The Morgan fingerprint density at radius 1 is 1.28 bits per heavy atom. The van der Waals surface area contributed by atoms with Crippen molar-refractivity contribution in [3.8, 4) is 0 Å². The van der Waals surface area contributed by atoms with Gasteiger partial charge in [-0.05, 0) is 35.8 Å². The van der Waals surface area contributed by atoms with Crippen LogP contribution in [-0.4, -0.2) is 29.1 Å². The van der Waals surface area contributed by atoms with Crippen LogP contribution >= 0.6 is 0 Å². The normalized spacial score (nSPS) is 16.3. The molecule has 0 spiro atoms. The van der Waals surface area contributed by atoms with E-state index in [0.717, 1.165) is 25.6 Å². The number of imidazole rings is 1. The van der Waals surface area contributed by atoms with Crippen LogP contribution < -0.4 is 10.6 Å². The van der Waals surface area contributed by atoms with Crippen LogP contribution in [0.3, 0.4) is 0 Å². The summed E-state index contributed by atoms with van der Waals surface area (Å²) in [6.07, 6.45) is 10.9. The van der Waals surface area contributed by atoms with Gasteiger partial charge in [-0.15, -0.1) is 0 Å². The van der Waals surface area contributed by atoms with Gasteiger partial charge in [0.25, 0.3) is 0 Å². The first-order valence-corrected chi connectivity index (χ1v) is 9.21. The smallest absolute Gasteiger partial charge is 0.191 e. The van der Waals surface area contributed by atoms with E-state index in [2.05, 4.69) is 56.4 Å². The first-order valence-electron chi connectivity index (χ1n) is 9.21. The SMILES string of the molecule is CCC1(CNC(=NC)NCc2cccc(Cn3ccnc3)c2)CCC1. The topological polar surface area (TPSA) is 54.2 Å². The van der Waals surface area contributed by atoms with E-state index in [9.17, 15) is 0 Å². The monoisotopic (exact) mass is 339 g/mol. The summed E-state index contributed by atoms with van der Waals surface area (Å²) in [4.78, 5) is 8.46. The van der Waals surface area contributed by atoms with E-state index in [1.807, 2.05) is 25.8 Å². The molecular weight excluding hydrogens is 310 g/mol. The lowest BCUT2D eigenvalue weighted by atomic mass is 9.67. The molecule has 5 nitrogen and oxygen atoms in total. The highest BCUT2D eigenvalue weighted by Crippen LogP contribution is 2.42. The Morgan fingerprint density at radius 3 is 2.76 bits per heavy atom. The van der Waals surface area contributed by atoms with Crippen molar-refractivity contribution in [2.75, 3.05) is 13.6 Å². The van der Waals surface area contributed by atoms with Crippen LogP contribution in [0.4, 0.5) is 0 Å². The molecule has 0 bridgehead atoms. The Morgan fingerprint density at radius 2 is 2.12 bits per heavy atom. The number of aliphatic imine (C=N–C) groups is 1. The molecule has 2 aromatic rings. The first-order chi connectivity index (χ1) is 12.2. The van der Waals surface area contributed by atoms with Crippen LogP contribution in [-0.2, 0) is 13.1 Å². The van der Waals surface area contributed by atoms with Crippen molar-refractivity contribution in [2.24, 2.45) is 10.4 Å². The highest BCUT2D eigenvalue weighted by atomic mass is 15.2. The lowest BCUT2D eigenvalue weighted by Gasteiger charge is -2.41. The minimum Gasteiger partial charge on any atom is -0.356 e. The van der Waals surface area contributed by atoms with Gasteiger partial charge < -0.3 is 15.2 Å². The second-order valence-electron chi connectivity index (χ2n) is 7.04. The van der Waals surface area contributed by atoms with Crippen molar-refractivity contribution in [3.05, 3.63) is 54.1 Å². The van der Waals surface area contributed by atoms with Gasteiger partial charge in [0.2, 0.25) is 0 Å². The van der Waals surface area contributed by atoms with Gasteiger partial charge in [-0.3, -0.25) is 4.99 Å². The highest BCUT2D eigenvalue weighted by Gasteiger charge is 2.34. The Balaban J connectivity index is 1.51. The molecule has 0 radical (unpaired) electrons. The average Bonchev–Trinajstić information content (AvgIpc) is 3.10. The zero-order chi connectivity index (χ0) is 17.5. The fraction of sp³-hybridized carbons (Fsp3) is 0.500. The van der Waals surface area contributed by atoms with Crippen LogP contribution in [0, 0.1) is 5.41 Å². The summed E-state index contributed by atoms with van der Waals surface area (Å²) in [5.74, 6) is 0.889. The quantitative estimate of drug-likeness (QED) is 0.602. The summed E-state index contributed by atoms with van der Waals surface area (Å²) in [6, 6.07) is 8.65. The van der Waals surface area contributed by atoms with Crippen molar-refractivity contribution >= 4 is 5.96 Å². The third kappa shape index (κ3) is 4.62. The number of aromatic nitrogens is 2. The summed E-state index contributed by atoms with van der Waals surface area (Å²) < 4.78 is 2.08. The van der Waals surface area contributed by atoms with E-state index in [0.29, 0.717) is 5.41 Å². The van der Waals surface area contributed by atoms with E-state index in [1.165, 1.54) is 36.8 Å². The second kappa shape index (κ2) is 8.19. The molecule has 1 aliphatic rings. The molecule has 1 fully saturated rings. The van der Waals surface area contributed by atoms with Crippen molar-refractivity contribution in [2.45, 2.75) is 45.7 Å². The summed E-state index contributed by atoms with van der Waals surface area (Å²) >= 11 is 0. The first kappa shape index (κ1) is 17.5. The van der Waals surface area contributed by atoms with Gasteiger partial charge in [-0.1, -0.05) is 37.6 Å². The fourth-order valence-corrected chi connectivity index (χ4v) is 3.44. The van der Waals surface area contributed by atoms with Gasteiger partial charge in [0.05, 0.1) is 6.33 Å². The zero-order valence-electron chi connectivity index (χ0n) is 15.3. The Labute approximate surface area is 150 Å². The molecule has 1 aromatic carbocycles. The lowest BCUT2D eigenvalue weighted by molar-refractivity contribution is 0.131. The van der Waals surface area contributed by atoms with Gasteiger partial charge in [0.15, 0.2) is 5.96 Å². The Hall–Kier alpha value is -2.30. The maximum atomic E-state index is 4.36. The molecule has 1 aliphatic carbocycles. The molecule has 2 N–H and O–H groups in total. The maximum Gasteiger partial charge on any atom is 0.191 e. The number of guanidine groups is 1. The molecule has 0 aliphatic heterocycles. The standard InChI is InChI=1S/C20H29N5/c1-3-20(8-5-9-20)15-24-19(21-2)23-13-17-6-4-7-18(12-17)14-25-11-10-22-16-25/h4,6-7,10-12,16H,3,5,8-9,13-15H2,1-2H3,(H2,21,23,24). The zero-order valence-corrected chi connectivity index (χ0v) is 15.3. The molecule has 25 heavy (non-hydrogen) atoms. The summed E-state index contributed by atoms with van der Waals surface area (Å²) in [5.41, 5.74) is 3.02. The van der Waals surface area contributed by atoms with Crippen LogP contribution in [0.15, 0.2) is 48.0 Å². The number of hydrogen-bond acceptors (Lipinski definition) is 2. The number of rotatable bonds is 7. The third-order valence-corrected chi connectivity index (χ3v) is 5.39. The fourth-order valence-electron chi connectivity index (χ4n) is 3.44. The van der Waals surface area contributed by atoms with E-state index in [4.69, 9.17) is 0 Å². The molecule has 1 heterocycles. The maximum absolute atomic E-state index is 4.36. The number of nitrogens with one attached hydrogen (secondary N) is 2. The van der Waals surface area contributed by atoms with E-state index < -0.39 is 0 Å². The van der Waals surface area contributed by atoms with Gasteiger partial charge in [-0.25, -0.2) is 4.98 Å². The van der Waals surface area contributed by atoms with Crippen molar-refractivity contribution in [3.63, 3.8) is 0 Å². The lowest BCUT2D eigenvalue weighted by Crippen LogP contribution is -2.46. The van der Waals surface area contributed by atoms with Crippen LogP contribution in [0.1, 0.15) is 43.7 Å². The predicted octanol–water partition coefficient (Wildman–Crippen LogP) is 3.18. The minimum absolute atomic E-state index is 0.488. The molecule has 134 valence electrons. The molecule has 0 unspecified atom stereocenters. The summed E-state index contributed by atoms with van der Waals surface area (Å²) in [5, 5.41) is 6.95. The van der Waals surface area contributed by atoms with Gasteiger partial charge in [0.1, 0.15) is 0 Å². The molecule has 3 rings (SSSR count). The minimum atomic E-state index is 0.488. The van der Waals surface area contributed by atoms with E-state index in [-0.39, 0.29) is 0 Å². The van der Waals surface area contributed by atoms with Crippen LogP contribution in [0.2, 0.25) is 0 Å². The average molecular weight is 339 g/mol. The van der Waals surface area contributed by atoms with Crippen molar-refractivity contribution < 1.29 is 0 Å². The molecule has 1 aromatic heterocycles. The van der Waals surface area contributed by atoms with Gasteiger partial charge in [-0.2, -0.15) is 0 Å². The van der Waals surface area contributed by atoms with Crippen molar-refractivity contribution in [1.82, 2.24) is 20.2 Å². The Bertz CT molecular complexity index is 680. The molecular formula is C20H29N5. The molecule has 0 atom stereocenters. The third-order valence-electron chi connectivity index (χ3n) is 5.39. The largest absolute Gasteiger partial charge is 0.356 e. The molecule has 1 saturated carbocycles. The number of nitrogens with zero attached hydrogens (tertiary/aromatic N) is 3. The second-order valence-corrected chi connectivity index (χ2v) is 7.04. The summed E-state index contributed by atoms with van der Waals surface area (Å²) in [7, 11) is 1.84. The predicted molar refractivity (Wildman–Crippen MR) is 103 cm³/mol. The summed E-state index contributed by atoms with van der Waals surface area (Å²) in [6.45, 7) is 4.93. The molecule has 0 saturated heterocycles. The van der Waals surface area contributed by atoms with E-state index in [1.54, 1.807) is 0 Å². The number of benzene rings is 1. The molecule has 5 heteroatoms. The highest BCUT2D eigenvalue weighted by molar-refractivity contribution is 5.79. The van der Waals surface area contributed by atoms with Gasteiger partial charge in [0, 0.05) is 39.1 Å². The van der Waals surface area contributed by atoms with Crippen LogP contribution in [0.5, 0.6) is 0 Å². The number of hydrogen-bond donors (Lipinski definition) is 2. The Kier molecular flexibility index (Phi) is 5.74. The van der Waals surface area contributed by atoms with Crippen LogP contribution in [0.25, 0.3) is 0 Å². The van der Waals surface area contributed by atoms with E-state index >= 15 is 0 Å². The van der Waals surface area contributed by atoms with Gasteiger partial charge >= 0.3 is 0 Å². The molecule has 0 amide bonds. The van der Waals surface area contributed by atoms with Crippen molar-refractivity contribution in [1.29, 1.82) is 0 Å².